The Morgan fingerprint density at radius 3 is 2.25 bits per heavy atom. The van der Waals surface area contributed by atoms with Crippen LogP contribution < -0.4 is 5.73 Å². The SMILES string of the molecule is Cc1cc(C(F)(F)F)ccc1C(N)c1cc(Br)sc1Br. The molecule has 1 unspecified atom stereocenters. The molecule has 20 heavy (non-hydrogen) atoms. The lowest BCUT2D eigenvalue weighted by Crippen LogP contribution is -2.14. The summed E-state index contributed by atoms with van der Waals surface area (Å²) in [6.45, 7) is 1.64. The molecule has 0 radical (unpaired) electrons. The van der Waals surface area contributed by atoms with Crippen LogP contribution in [-0.2, 0) is 6.18 Å². The molecule has 1 nitrogen and oxygen atoms in total. The number of thiophene rings is 1. The lowest BCUT2D eigenvalue weighted by molar-refractivity contribution is -0.137. The molecule has 0 saturated carbocycles. The number of benzene rings is 1. The van der Waals surface area contributed by atoms with Gasteiger partial charge in [-0.2, -0.15) is 13.2 Å². The van der Waals surface area contributed by atoms with Crippen LogP contribution in [0.4, 0.5) is 13.2 Å². The normalized spacial score (nSPS) is 13.6. The predicted molar refractivity (Wildman–Crippen MR) is 81.9 cm³/mol. The number of nitrogens with two attached hydrogens (primary N) is 1. The van der Waals surface area contributed by atoms with Gasteiger partial charge in [-0.1, -0.05) is 6.07 Å². The van der Waals surface area contributed by atoms with Crippen LogP contribution >= 0.6 is 43.2 Å². The van der Waals surface area contributed by atoms with Gasteiger partial charge < -0.3 is 5.73 Å². The van der Waals surface area contributed by atoms with Crippen molar-refractivity contribution in [2.24, 2.45) is 5.73 Å². The van der Waals surface area contributed by atoms with Gasteiger partial charge in [0.1, 0.15) is 0 Å². The van der Waals surface area contributed by atoms with E-state index in [4.69, 9.17) is 5.73 Å². The fourth-order valence-corrected chi connectivity index (χ4v) is 4.86. The summed E-state index contributed by atoms with van der Waals surface area (Å²) < 4.78 is 39.7. The lowest BCUT2D eigenvalue weighted by Gasteiger charge is -2.16. The van der Waals surface area contributed by atoms with E-state index in [2.05, 4.69) is 31.9 Å². The molecule has 2 aromatic rings. The van der Waals surface area contributed by atoms with E-state index >= 15 is 0 Å². The van der Waals surface area contributed by atoms with Gasteiger partial charge in [0.2, 0.25) is 0 Å². The molecular weight excluding hydrogens is 419 g/mol. The zero-order valence-electron chi connectivity index (χ0n) is 10.3. The van der Waals surface area contributed by atoms with Crippen molar-refractivity contribution in [3.8, 4) is 0 Å². The summed E-state index contributed by atoms with van der Waals surface area (Å²) in [5.41, 5.74) is 7.57. The molecule has 0 aliphatic heterocycles. The van der Waals surface area contributed by atoms with Gasteiger partial charge >= 0.3 is 6.18 Å². The van der Waals surface area contributed by atoms with Crippen molar-refractivity contribution in [2.75, 3.05) is 0 Å². The highest BCUT2D eigenvalue weighted by Crippen LogP contribution is 2.38. The highest BCUT2D eigenvalue weighted by Gasteiger charge is 2.31. The Labute approximate surface area is 135 Å². The van der Waals surface area contributed by atoms with Crippen LogP contribution in [0, 0.1) is 6.92 Å². The van der Waals surface area contributed by atoms with Crippen LogP contribution in [0.1, 0.15) is 28.3 Å². The Morgan fingerprint density at radius 1 is 1.15 bits per heavy atom. The molecule has 0 spiro atoms. The maximum Gasteiger partial charge on any atom is 0.416 e. The van der Waals surface area contributed by atoms with Crippen molar-refractivity contribution < 1.29 is 13.2 Å². The Kier molecular flexibility index (Phi) is 4.63. The maximum absolute atomic E-state index is 12.6. The molecule has 1 aromatic heterocycles. The second-order valence-corrected chi connectivity index (χ2v) is 8.08. The molecule has 0 amide bonds. The minimum atomic E-state index is -4.33. The first-order valence-corrected chi connectivity index (χ1v) is 7.98. The topological polar surface area (TPSA) is 26.0 Å². The van der Waals surface area contributed by atoms with Crippen LogP contribution in [-0.4, -0.2) is 0 Å². The average molecular weight is 429 g/mol. The molecule has 1 heterocycles. The maximum atomic E-state index is 12.6. The van der Waals surface area contributed by atoms with E-state index in [-0.39, 0.29) is 0 Å². The average Bonchev–Trinajstić information content (AvgIpc) is 2.66. The van der Waals surface area contributed by atoms with Crippen LogP contribution in [0.25, 0.3) is 0 Å². The summed E-state index contributed by atoms with van der Waals surface area (Å²) in [5, 5.41) is 0. The molecule has 0 aliphatic carbocycles. The van der Waals surface area contributed by atoms with Gasteiger partial charge in [0.25, 0.3) is 0 Å². The zero-order chi connectivity index (χ0) is 15.1. The third kappa shape index (κ3) is 3.27. The number of alkyl halides is 3. The first-order valence-electron chi connectivity index (χ1n) is 5.58. The number of hydrogen-bond donors (Lipinski definition) is 1. The second kappa shape index (κ2) is 5.79. The van der Waals surface area contributed by atoms with Crippen molar-refractivity contribution in [1.29, 1.82) is 0 Å². The quantitative estimate of drug-likeness (QED) is 0.657. The van der Waals surface area contributed by atoms with E-state index in [0.717, 1.165) is 25.3 Å². The summed E-state index contributed by atoms with van der Waals surface area (Å²) >= 11 is 8.26. The molecule has 108 valence electrons. The summed E-state index contributed by atoms with van der Waals surface area (Å²) in [4.78, 5) is 0. The molecule has 1 atom stereocenters. The van der Waals surface area contributed by atoms with Crippen LogP contribution in [0.3, 0.4) is 0 Å². The standard InChI is InChI=1S/C13H10Br2F3NS/c1-6-4-7(13(16,17)18)2-3-8(6)11(19)9-5-10(14)20-12(9)15/h2-5,11H,19H2,1H3. The summed E-state index contributed by atoms with van der Waals surface area (Å²) in [7, 11) is 0. The third-order valence-electron chi connectivity index (χ3n) is 2.95. The monoisotopic (exact) mass is 427 g/mol. The molecule has 7 heteroatoms. The second-order valence-electron chi connectivity index (χ2n) is 4.33. The van der Waals surface area contributed by atoms with Gasteiger partial charge in [-0.05, 0) is 73.7 Å². The van der Waals surface area contributed by atoms with E-state index < -0.39 is 17.8 Å². The number of rotatable bonds is 2. The molecule has 2 rings (SSSR count). The Hall–Kier alpha value is -0.370. The highest BCUT2D eigenvalue weighted by atomic mass is 79.9. The van der Waals surface area contributed by atoms with Gasteiger partial charge in [0, 0.05) is 0 Å². The van der Waals surface area contributed by atoms with Crippen LogP contribution in [0.15, 0.2) is 31.8 Å². The van der Waals surface area contributed by atoms with E-state index in [1.807, 2.05) is 6.07 Å². The van der Waals surface area contributed by atoms with Gasteiger partial charge in [-0.25, -0.2) is 0 Å². The molecular formula is C13H10Br2F3NS. The van der Waals surface area contributed by atoms with E-state index in [1.165, 1.54) is 17.4 Å². The van der Waals surface area contributed by atoms with Crippen molar-refractivity contribution >= 4 is 43.2 Å². The minimum absolute atomic E-state index is 0.464. The highest BCUT2D eigenvalue weighted by molar-refractivity contribution is 9.12. The number of aryl methyl sites for hydroxylation is 1. The van der Waals surface area contributed by atoms with Gasteiger partial charge in [-0.15, -0.1) is 11.3 Å². The molecule has 0 saturated heterocycles. The van der Waals surface area contributed by atoms with Gasteiger partial charge in [0.15, 0.2) is 0 Å². The molecule has 0 fully saturated rings. The lowest BCUT2D eigenvalue weighted by atomic mass is 9.96. The van der Waals surface area contributed by atoms with Crippen molar-refractivity contribution in [1.82, 2.24) is 0 Å². The first-order chi connectivity index (χ1) is 9.20. The summed E-state index contributed by atoms with van der Waals surface area (Å²) in [6.07, 6.45) is -4.33. The fraction of sp³-hybridized carbons (Fsp3) is 0.231. The number of halogens is 5. The Balaban J connectivity index is 2.41. The molecule has 0 bridgehead atoms. The molecule has 1 aromatic carbocycles. The smallest absolute Gasteiger partial charge is 0.320 e. The Morgan fingerprint density at radius 2 is 1.80 bits per heavy atom. The zero-order valence-corrected chi connectivity index (χ0v) is 14.3. The van der Waals surface area contributed by atoms with Crippen LogP contribution in [0.2, 0.25) is 0 Å². The van der Waals surface area contributed by atoms with Gasteiger partial charge in [-0.3, -0.25) is 0 Å². The largest absolute Gasteiger partial charge is 0.416 e. The predicted octanol–water partition coefficient (Wildman–Crippen LogP) is 5.65. The van der Waals surface area contributed by atoms with Gasteiger partial charge in [0.05, 0.1) is 19.2 Å². The van der Waals surface area contributed by atoms with E-state index in [0.29, 0.717) is 11.1 Å². The third-order valence-corrected chi connectivity index (χ3v) is 5.34. The summed E-state index contributed by atoms with van der Waals surface area (Å²) in [6, 6.07) is 5.05. The molecule has 2 N–H and O–H groups in total. The minimum Gasteiger partial charge on any atom is -0.320 e. The van der Waals surface area contributed by atoms with E-state index in [1.54, 1.807) is 6.92 Å². The van der Waals surface area contributed by atoms with E-state index in [9.17, 15) is 13.2 Å². The van der Waals surface area contributed by atoms with Crippen molar-refractivity contribution in [2.45, 2.75) is 19.1 Å². The van der Waals surface area contributed by atoms with Crippen molar-refractivity contribution in [3.05, 3.63) is 54.1 Å². The Bertz CT molecular complexity index is 637. The summed E-state index contributed by atoms with van der Waals surface area (Å²) in [5.74, 6) is 0. The first kappa shape index (κ1) is 16.0. The number of hydrogen-bond acceptors (Lipinski definition) is 2. The fourth-order valence-electron chi connectivity index (χ4n) is 1.93. The molecule has 0 aliphatic rings. The van der Waals surface area contributed by atoms with Crippen LogP contribution in [0.5, 0.6) is 0 Å². The van der Waals surface area contributed by atoms with Crippen molar-refractivity contribution in [3.63, 3.8) is 0 Å².